The highest BCUT2D eigenvalue weighted by Crippen LogP contribution is 2.30. The normalized spacial score (nSPS) is 12.3. The summed E-state index contributed by atoms with van der Waals surface area (Å²) in [5.41, 5.74) is 7.70. The van der Waals surface area contributed by atoms with E-state index in [-0.39, 0.29) is 0 Å². The summed E-state index contributed by atoms with van der Waals surface area (Å²) >= 11 is 0. The van der Waals surface area contributed by atoms with Crippen molar-refractivity contribution in [1.29, 1.82) is 0 Å². The minimum absolute atomic E-state index is 0.683. The van der Waals surface area contributed by atoms with Crippen LogP contribution in [-0.4, -0.2) is 39.9 Å². The Balaban J connectivity index is 1.39. The molecule has 0 saturated carbocycles. The van der Waals surface area contributed by atoms with Crippen LogP contribution in [0.5, 0.6) is 0 Å². The Morgan fingerprint density at radius 2 is 1.17 bits per heavy atom. The molecule has 2 aromatic carbocycles. The van der Waals surface area contributed by atoms with Gasteiger partial charge < -0.3 is 9.97 Å². The van der Waals surface area contributed by atoms with E-state index in [1.165, 1.54) is 0 Å². The summed E-state index contributed by atoms with van der Waals surface area (Å²) in [5, 5.41) is 0. The molecule has 2 N–H and O–H groups in total. The first-order valence-electron chi connectivity index (χ1n) is 11.4. The van der Waals surface area contributed by atoms with Crippen molar-refractivity contribution in [3.8, 4) is 22.8 Å². The lowest BCUT2D eigenvalue weighted by Gasteiger charge is -2.05. The largest absolute Gasteiger partial charge is 0.338 e. The molecule has 6 aromatic rings. The summed E-state index contributed by atoms with van der Waals surface area (Å²) in [7, 11) is 0. The lowest BCUT2D eigenvalue weighted by atomic mass is 10.1. The molecule has 8 heteroatoms. The van der Waals surface area contributed by atoms with Crippen molar-refractivity contribution in [3.63, 3.8) is 0 Å². The highest BCUT2D eigenvalue weighted by atomic mass is 14.9. The Labute approximate surface area is 201 Å². The number of hydrogen-bond acceptors (Lipinski definition) is 6. The smallest absolute Gasteiger partial charge is 0.159 e. The second-order valence-electron chi connectivity index (χ2n) is 8.24. The van der Waals surface area contributed by atoms with Crippen LogP contribution in [0.3, 0.4) is 0 Å². The van der Waals surface area contributed by atoms with Crippen LogP contribution in [0.2, 0.25) is 0 Å². The number of nitrogens with zero attached hydrogens (tertiary/aromatic N) is 6. The van der Waals surface area contributed by atoms with Gasteiger partial charge in [-0.2, -0.15) is 0 Å². The third kappa shape index (κ3) is 3.85. The summed E-state index contributed by atoms with van der Waals surface area (Å²) < 4.78 is 0. The Morgan fingerprint density at radius 1 is 0.686 bits per heavy atom. The molecule has 0 bridgehead atoms. The van der Waals surface area contributed by atoms with E-state index in [1.807, 2.05) is 48.5 Å². The molecule has 0 saturated heterocycles. The van der Waals surface area contributed by atoms with Gasteiger partial charge in [-0.25, -0.2) is 29.9 Å². The summed E-state index contributed by atoms with van der Waals surface area (Å²) in [5.74, 6) is 3.03. The van der Waals surface area contributed by atoms with Gasteiger partial charge in [0.1, 0.15) is 11.6 Å². The Bertz CT molecular complexity index is 1680. The Hall–Kier alpha value is -4.72. The predicted octanol–water partition coefficient (Wildman–Crippen LogP) is 5.69. The summed E-state index contributed by atoms with van der Waals surface area (Å²) in [6.45, 7) is 4.21. The minimum atomic E-state index is 0.683. The number of H-pyrrole nitrogens is 2. The molecular weight excluding hydrogens is 436 g/mol. The van der Waals surface area contributed by atoms with Gasteiger partial charge in [0.05, 0.1) is 22.1 Å². The van der Waals surface area contributed by atoms with Crippen LogP contribution in [0.1, 0.15) is 31.9 Å². The number of aromatic nitrogens is 8. The number of aromatic amines is 2. The van der Waals surface area contributed by atoms with E-state index in [9.17, 15) is 0 Å². The molecule has 4 heterocycles. The number of imidazole rings is 2. The van der Waals surface area contributed by atoms with Gasteiger partial charge in [0, 0.05) is 41.5 Å². The maximum absolute atomic E-state index is 4.90. The van der Waals surface area contributed by atoms with Gasteiger partial charge in [-0.1, -0.05) is 6.92 Å². The number of hydrogen-bond donors (Lipinski definition) is 2. The van der Waals surface area contributed by atoms with E-state index in [2.05, 4.69) is 43.8 Å². The molecule has 6 rings (SSSR count). The van der Waals surface area contributed by atoms with E-state index in [0.717, 1.165) is 62.4 Å². The summed E-state index contributed by atoms with van der Waals surface area (Å²) in [6.07, 6.45) is 7.78. The van der Waals surface area contributed by atoms with Crippen LogP contribution in [0.25, 0.3) is 56.0 Å². The monoisotopic (exact) mass is 458 g/mol. The third-order valence-electron chi connectivity index (χ3n) is 6.06. The molecule has 8 nitrogen and oxygen atoms in total. The van der Waals surface area contributed by atoms with Gasteiger partial charge in [0.2, 0.25) is 0 Å². The summed E-state index contributed by atoms with van der Waals surface area (Å²) in [6, 6.07) is 15.7. The standard InChI is InChI=1S/C27H22N8/c1-3-19(27-33-21-9-7-18(15-23(21)35-27)26-30-12-5-13-31-26)16(2)24-32-20-8-6-17(14-22(20)34-24)25-28-10-4-11-29-25/h4-15H,3H2,1-2H3,(H,32,34)(H,33,35). The van der Waals surface area contributed by atoms with Crippen molar-refractivity contribution in [2.45, 2.75) is 20.3 Å². The van der Waals surface area contributed by atoms with Crippen molar-refractivity contribution in [2.75, 3.05) is 0 Å². The van der Waals surface area contributed by atoms with Crippen LogP contribution in [0.15, 0.2) is 73.3 Å². The zero-order valence-electron chi connectivity index (χ0n) is 19.3. The van der Waals surface area contributed by atoms with Gasteiger partial charge in [-0.3, -0.25) is 0 Å². The van der Waals surface area contributed by atoms with Crippen molar-refractivity contribution >= 4 is 33.2 Å². The number of benzene rings is 2. The van der Waals surface area contributed by atoms with Crippen LogP contribution in [0.4, 0.5) is 0 Å². The van der Waals surface area contributed by atoms with Crippen molar-refractivity contribution in [2.24, 2.45) is 0 Å². The molecule has 0 spiro atoms. The molecule has 0 fully saturated rings. The molecule has 0 aliphatic carbocycles. The summed E-state index contributed by atoms with van der Waals surface area (Å²) in [4.78, 5) is 34.1. The van der Waals surface area contributed by atoms with Crippen molar-refractivity contribution < 1.29 is 0 Å². The average Bonchev–Trinajstić information content (AvgIpc) is 3.53. The molecule has 35 heavy (non-hydrogen) atoms. The van der Waals surface area contributed by atoms with Crippen LogP contribution in [0, 0.1) is 0 Å². The third-order valence-corrected chi connectivity index (χ3v) is 6.06. The quantitative estimate of drug-likeness (QED) is 0.343. The van der Waals surface area contributed by atoms with E-state index in [4.69, 9.17) is 9.97 Å². The number of nitrogens with one attached hydrogen (secondary N) is 2. The Morgan fingerprint density at radius 3 is 1.69 bits per heavy atom. The molecule has 4 aromatic heterocycles. The molecule has 170 valence electrons. The lowest BCUT2D eigenvalue weighted by Crippen LogP contribution is -1.93. The average molecular weight is 459 g/mol. The highest BCUT2D eigenvalue weighted by Gasteiger charge is 2.15. The fourth-order valence-electron chi connectivity index (χ4n) is 4.26. The number of allylic oxidation sites excluding steroid dienone is 2. The van der Waals surface area contributed by atoms with E-state index >= 15 is 0 Å². The van der Waals surface area contributed by atoms with Gasteiger partial charge in [-0.05, 0) is 67.4 Å². The Kier molecular flexibility index (Phi) is 5.11. The molecule has 0 atom stereocenters. The lowest BCUT2D eigenvalue weighted by molar-refractivity contribution is 1.14. The van der Waals surface area contributed by atoms with Crippen molar-refractivity contribution in [3.05, 3.63) is 85.0 Å². The molecule has 0 radical (unpaired) electrons. The maximum Gasteiger partial charge on any atom is 0.159 e. The van der Waals surface area contributed by atoms with Gasteiger partial charge >= 0.3 is 0 Å². The van der Waals surface area contributed by atoms with Crippen molar-refractivity contribution in [1.82, 2.24) is 39.9 Å². The first kappa shape index (κ1) is 20.9. The van der Waals surface area contributed by atoms with Crippen LogP contribution in [-0.2, 0) is 0 Å². The first-order chi connectivity index (χ1) is 17.2. The van der Waals surface area contributed by atoms with Crippen LogP contribution >= 0.6 is 0 Å². The maximum atomic E-state index is 4.90. The molecular formula is C27H22N8. The predicted molar refractivity (Wildman–Crippen MR) is 137 cm³/mol. The van der Waals surface area contributed by atoms with E-state index in [0.29, 0.717) is 11.6 Å². The molecule has 0 amide bonds. The highest BCUT2D eigenvalue weighted by molar-refractivity contribution is 5.92. The topological polar surface area (TPSA) is 109 Å². The SMILES string of the molecule is CCC(=C(C)c1nc2cc(-c3ncccn3)ccc2[nH]1)c1nc2cc(-c3ncccn3)ccc2[nH]1. The van der Waals surface area contributed by atoms with Crippen LogP contribution < -0.4 is 0 Å². The first-order valence-corrected chi connectivity index (χ1v) is 11.4. The van der Waals surface area contributed by atoms with Gasteiger partial charge in [0.15, 0.2) is 11.6 Å². The fraction of sp³-hybridized carbons (Fsp3) is 0.111. The number of rotatable bonds is 5. The van der Waals surface area contributed by atoms with E-state index in [1.54, 1.807) is 24.8 Å². The molecule has 0 unspecified atom stereocenters. The molecule has 0 aliphatic heterocycles. The zero-order chi connectivity index (χ0) is 23.8. The zero-order valence-corrected chi connectivity index (χ0v) is 19.3. The number of fused-ring (bicyclic) bond motifs is 2. The van der Waals surface area contributed by atoms with Gasteiger partial charge in [-0.15, -0.1) is 0 Å². The molecule has 0 aliphatic rings. The fourth-order valence-corrected chi connectivity index (χ4v) is 4.26. The second kappa shape index (κ2) is 8.57. The second-order valence-corrected chi connectivity index (χ2v) is 8.24. The van der Waals surface area contributed by atoms with Gasteiger partial charge in [0.25, 0.3) is 0 Å². The van der Waals surface area contributed by atoms with E-state index < -0.39 is 0 Å². The minimum Gasteiger partial charge on any atom is -0.338 e.